The van der Waals surface area contributed by atoms with Gasteiger partial charge in [-0.3, -0.25) is 10.1 Å². The average molecular weight is 656 g/mol. The Morgan fingerprint density at radius 2 is 0.878 bits per heavy atom. The quantitative estimate of drug-likeness (QED) is 0.0405. The van der Waals surface area contributed by atoms with Crippen molar-refractivity contribution < 1.29 is 24.0 Å². The number of ether oxygens (including phenoxy) is 2. The third kappa shape index (κ3) is 9.35. The smallest absolute Gasteiger partial charge is 0.350 e. The highest BCUT2D eigenvalue weighted by Crippen LogP contribution is 2.29. The molecule has 0 bridgehead atoms. The molecule has 5 aromatic carbocycles. The molecule has 0 aliphatic carbocycles. The number of para-hydroxylation sites is 1. The predicted octanol–water partition coefficient (Wildman–Crippen LogP) is 10.8. The van der Waals surface area contributed by atoms with Crippen LogP contribution < -0.4 is 9.47 Å². The molecule has 5 rings (SSSR count). The van der Waals surface area contributed by atoms with Gasteiger partial charge in [-0.2, -0.15) is 20.5 Å². The lowest BCUT2D eigenvalue weighted by Gasteiger charge is -2.09. The van der Waals surface area contributed by atoms with Gasteiger partial charge in [0, 0.05) is 0 Å². The van der Waals surface area contributed by atoms with Crippen LogP contribution in [0.3, 0.4) is 0 Å². The van der Waals surface area contributed by atoms with Gasteiger partial charge in [0.05, 0.1) is 27.7 Å². The molecule has 0 saturated carbocycles. The zero-order valence-corrected chi connectivity index (χ0v) is 27.0. The fourth-order valence-electron chi connectivity index (χ4n) is 4.82. The van der Waals surface area contributed by atoms with Gasteiger partial charge in [-0.15, -0.1) is 0 Å². The molecule has 0 aliphatic heterocycles. The molecular formula is C38H33N5O6. The van der Waals surface area contributed by atoms with Crippen LogP contribution in [0.25, 0.3) is 0 Å². The van der Waals surface area contributed by atoms with Gasteiger partial charge in [-0.25, -0.2) is 9.59 Å². The number of azo groups is 2. The number of hydrogen-bond donors (Lipinski definition) is 0. The first-order chi connectivity index (χ1) is 23.8. The van der Waals surface area contributed by atoms with E-state index in [9.17, 15) is 19.7 Å². The van der Waals surface area contributed by atoms with Crippen molar-refractivity contribution in [1.82, 2.24) is 0 Å². The molecule has 0 radical (unpaired) electrons. The molecule has 5 aromatic rings. The molecule has 0 heterocycles. The highest BCUT2D eigenvalue weighted by Gasteiger charge is 2.30. The SMILES string of the molecule is CCCc1ccc(N=Nc2ccc(OC(=O)c3cccc(C(=O)Oc4ccc(N=Nc5ccc(CCC)cc5)cc4)c3[N+](=O)[O-])cc2)cc1. The molecule has 49 heavy (non-hydrogen) atoms. The number of nitro groups is 1. The molecule has 0 amide bonds. The molecule has 0 aliphatic rings. The lowest BCUT2D eigenvalue weighted by Crippen LogP contribution is -2.16. The van der Waals surface area contributed by atoms with Crippen LogP contribution in [-0.2, 0) is 12.8 Å². The van der Waals surface area contributed by atoms with Crippen LogP contribution in [0.2, 0.25) is 0 Å². The van der Waals surface area contributed by atoms with Gasteiger partial charge >= 0.3 is 11.9 Å². The van der Waals surface area contributed by atoms with E-state index in [-0.39, 0.29) is 11.5 Å². The summed E-state index contributed by atoms with van der Waals surface area (Å²) in [7, 11) is 0. The van der Waals surface area contributed by atoms with Crippen LogP contribution in [-0.4, -0.2) is 16.9 Å². The van der Waals surface area contributed by atoms with Gasteiger partial charge in [0.2, 0.25) is 0 Å². The Morgan fingerprint density at radius 3 is 1.18 bits per heavy atom. The topological polar surface area (TPSA) is 145 Å². The van der Waals surface area contributed by atoms with Crippen molar-refractivity contribution in [2.75, 3.05) is 0 Å². The van der Waals surface area contributed by atoms with Gasteiger partial charge in [0.1, 0.15) is 22.6 Å². The molecular weight excluding hydrogens is 622 g/mol. The standard InChI is InChI=1S/C38H33N5O6/c1-3-6-26-10-14-28(15-11-26)39-41-30-18-22-32(23-19-30)48-37(44)34-8-5-9-35(36(34)43(46)47)38(45)49-33-24-20-31(21-25-33)42-40-29-16-12-27(7-4-2)13-17-29/h5,8-25H,3-4,6-7H2,1-2H3. The van der Waals surface area contributed by atoms with E-state index in [1.807, 2.05) is 48.5 Å². The molecule has 246 valence electrons. The van der Waals surface area contributed by atoms with Crippen molar-refractivity contribution in [3.05, 3.63) is 148 Å². The maximum absolute atomic E-state index is 13.0. The molecule has 0 aromatic heterocycles. The van der Waals surface area contributed by atoms with Crippen LogP contribution >= 0.6 is 0 Å². The van der Waals surface area contributed by atoms with Crippen LogP contribution in [0.15, 0.2) is 136 Å². The molecule has 0 saturated heterocycles. The minimum Gasteiger partial charge on any atom is -0.423 e. The first-order valence-electron chi connectivity index (χ1n) is 15.8. The summed E-state index contributed by atoms with van der Waals surface area (Å²) in [5.74, 6) is -1.78. The zero-order valence-electron chi connectivity index (χ0n) is 27.0. The van der Waals surface area contributed by atoms with Crippen molar-refractivity contribution in [3.63, 3.8) is 0 Å². The maximum atomic E-state index is 13.0. The Hall–Kier alpha value is -6.36. The number of nitrogens with zero attached hydrogens (tertiary/aromatic N) is 5. The summed E-state index contributed by atoms with van der Waals surface area (Å²) < 4.78 is 10.8. The van der Waals surface area contributed by atoms with E-state index in [1.165, 1.54) is 53.6 Å². The van der Waals surface area contributed by atoms with E-state index in [2.05, 4.69) is 34.3 Å². The lowest BCUT2D eigenvalue weighted by atomic mass is 10.1. The summed E-state index contributed by atoms with van der Waals surface area (Å²) in [5.41, 5.74) is 3.33. The third-order valence-electron chi connectivity index (χ3n) is 7.26. The minimum atomic E-state index is -1.02. The Labute approximate surface area is 283 Å². The number of esters is 2. The number of hydrogen-bond acceptors (Lipinski definition) is 10. The van der Waals surface area contributed by atoms with Crippen molar-refractivity contribution >= 4 is 40.4 Å². The minimum absolute atomic E-state index is 0.126. The largest absolute Gasteiger partial charge is 0.423 e. The number of benzene rings is 5. The van der Waals surface area contributed by atoms with Crippen LogP contribution in [0.1, 0.15) is 58.5 Å². The molecule has 0 N–H and O–H groups in total. The Balaban J connectivity index is 1.23. The van der Waals surface area contributed by atoms with Crippen molar-refractivity contribution in [2.45, 2.75) is 39.5 Å². The molecule has 11 nitrogen and oxygen atoms in total. The second kappa shape index (κ2) is 16.5. The first kappa shape index (κ1) is 34.0. The number of carbonyl (C=O) groups excluding carboxylic acids is 2. The molecule has 0 spiro atoms. The van der Waals surface area contributed by atoms with E-state index in [0.29, 0.717) is 22.7 Å². The summed E-state index contributed by atoms with van der Waals surface area (Å²) in [6.45, 7) is 4.24. The molecule has 0 atom stereocenters. The monoisotopic (exact) mass is 655 g/mol. The number of aryl methyl sites for hydroxylation is 2. The van der Waals surface area contributed by atoms with Crippen LogP contribution in [0.4, 0.5) is 28.4 Å². The molecule has 0 unspecified atom stereocenters. The van der Waals surface area contributed by atoms with Gasteiger partial charge in [0.15, 0.2) is 0 Å². The average Bonchev–Trinajstić information content (AvgIpc) is 3.12. The fourth-order valence-corrected chi connectivity index (χ4v) is 4.82. The van der Waals surface area contributed by atoms with E-state index in [1.54, 1.807) is 24.3 Å². The second-order valence-corrected chi connectivity index (χ2v) is 11.0. The second-order valence-electron chi connectivity index (χ2n) is 11.0. The van der Waals surface area contributed by atoms with Gasteiger partial charge in [-0.1, -0.05) is 57.0 Å². The summed E-state index contributed by atoms with van der Waals surface area (Å²) in [6, 6.07) is 31.7. The molecule has 0 fully saturated rings. The first-order valence-corrected chi connectivity index (χ1v) is 15.8. The van der Waals surface area contributed by atoms with Gasteiger partial charge in [0.25, 0.3) is 5.69 Å². The Bertz CT molecular complexity index is 1840. The van der Waals surface area contributed by atoms with E-state index < -0.39 is 33.7 Å². The fraction of sp³-hybridized carbons (Fsp3) is 0.158. The summed E-state index contributed by atoms with van der Waals surface area (Å²) >= 11 is 0. The highest BCUT2D eigenvalue weighted by atomic mass is 16.6. The third-order valence-corrected chi connectivity index (χ3v) is 7.26. The number of rotatable bonds is 13. The Kier molecular flexibility index (Phi) is 11.4. The van der Waals surface area contributed by atoms with Crippen molar-refractivity contribution in [1.29, 1.82) is 0 Å². The van der Waals surface area contributed by atoms with Crippen molar-refractivity contribution in [3.8, 4) is 11.5 Å². The summed E-state index contributed by atoms with van der Waals surface area (Å²) in [6.07, 6.45) is 4.11. The van der Waals surface area contributed by atoms with E-state index in [0.717, 1.165) is 25.7 Å². The number of carbonyl (C=O) groups is 2. The van der Waals surface area contributed by atoms with E-state index >= 15 is 0 Å². The normalized spacial score (nSPS) is 11.1. The van der Waals surface area contributed by atoms with Crippen LogP contribution in [0, 0.1) is 10.1 Å². The van der Waals surface area contributed by atoms with Gasteiger partial charge in [-0.05, 0) is 109 Å². The predicted molar refractivity (Wildman–Crippen MR) is 185 cm³/mol. The maximum Gasteiger partial charge on any atom is 0.350 e. The summed E-state index contributed by atoms with van der Waals surface area (Å²) in [5, 5.41) is 28.9. The van der Waals surface area contributed by atoms with Gasteiger partial charge < -0.3 is 9.47 Å². The van der Waals surface area contributed by atoms with E-state index in [4.69, 9.17) is 9.47 Å². The lowest BCUT2D eigenvalue weighted by molar-refractivity contribution is -0.385. The molecule has 11 heteroatoms. The Morgan fingerprint density at radius 1 is 0.551 bits per heavy atom. The van der Waals surface area contributed by atoms with Crippen LogP contribution in [0.5, 0.6) is 11.5 Å². The summed E-state index contributed by atoms with van der Waals surface area (Å²) in [4.78, 5) is 37.4. The highest BCUT2D eigenvalue weighted by molar-refractivity contribution is 6.03. The van der Waals surface area contributed by atoms with Crippen molar-refractivity contribution in [2.24, 2.45) is 20.5 Å². The number of nitro benzene ring substituents is 1. The zero-order chi connectivity index (χ0) is 34.6.